The van der Waals surface area contributed by atoms with Gasteiger partial charge >= 0.3 is 128 Å². The van der Waals surface area contributed by atoms with Crippen LogP contribution in [0.2, 0.25) is 0 Å². The molecule has 0 heterocycles. The number of hydrogen-bond donors (Lipinski definition) is 0. The van der Waals surface area contributed by atoms with Crippen LogP contribution < -0.4 is 10.5 Å². The molecule has 0 aromatic heterocycles. The number of rotatable bonds is 3. The Morgan fingerprint density at radius 1 is 0.550 bits per heavy atom. The van der Waals surface area contributed by atoms with E-state index in [2.05, 4.69) is 91.9 Å². The van der Waals surface area contributed by atoms with Crippen LogP contribution in [0.4, 0.5) is 0 Å². The molecule has 0 fully saturated rings. The molecule has 0 radical (unpaired) electrons. The summed E-state index contributed by atoms with van der Waals surface area (Å²) in [4.78, 5) is 0. The summed E-state index contributed by atoms with van der Waals surface area (Å²) in [6, 6.07) is 30.9. The molecule has 0 atom stereocenters. The SMILES string of the molecule is Cc1cccc[c]1[Sb]([c]1ccccc1)[c]1ccccc1. The average Bonchev–Trinajstić information content (AvgIpc) is 2.52. The normalized spacial score (nSPS) is 10.7. The second-order valence-corrected chi connectivity index (χ2v) is 11.0. The Morgan fingerprint density at radius 2 is 1.00 bits per heavy atom. The van der Waals surface area contributed by atoms with Crippen LogP contribution in [0.5, 0.6) is 0 Å². The van der Waals surface area contributed by atoms with Gasteiger partial charge in [-0.25, -0.2) is 0 Å². The van der Waals surface area contributed by atoms with Crippen molar-refractivity contribution in [3.05, 3.63) is 90.5 Å². The Kier molecular flexibility index (Phi) is 4.23. The van der Waals surface area contributed by atoms with Crippen molar-refractivity contribution < 1.29 is 0 Å². The van der Waals surface area contributed by atoms with E-state index in [1.54, 1.807) is 3.51 Å². The van der Waals surface area contributed by atoms with Gasteiger partial charge in [-0.1, -0.05) is 0 Å². The monoisotopic (exact) mass is 366 g/mol. The number of hydrogen-bond acceptors (Lipinski definition) is 0. The third-order valence-electron chi connectivity index (χ3n) is 3.39. The fraction of sp³-hybridized carbons (Fsp3) is 0.0526. The minimum absolute atomic E-state index is 1.42. The van der Waals surface area contributed by atoms with Crippen LogP contribution in [0, 0.1) is 6.92 Å². The Balaban J connectivity index is 2.17. The van der Waals surface area contributed by atoms with E-state index in [4.69, 9.17) is 0 Å². The predicted molar refractivity (Wildman–Crippen MR) is 88.7 cm³/mol. The van der Waals surface area contributed by atoms with Gasteiger partial charge < -0.3 is 0 Å². The summed E-state index contributed by atoms with van der Waals surface area (Å²) in [5, 5.41) is 0. The quantitative estimate of drug-likeness (QED) is 0.625. The van der Waals surface area contributed by atoms with Crippen LogP contribution in [-0.2, 0) is 0 Å². The first kappa shape index (κ1) is 13.5. The van der Waals surface area contributed by atoms with E-state index in [-0.39, 0.29) is 0 Å². The van der Waals surface area contributed by atoms with E-state index < -0.39 is 20.2 Å². The van der Waals surface area contributed by atoms with Crippen LogP contribution >= 0.6 is 0 Å². The summed E-state index contributed by atoms with van der Waals surface area (Å²) >= 11 is -1.88. The summed E-state index contributed by atoms with van der Waals surface area (Å²) in [5.41, 5.74) is 1.42. The zero-order chi connectivity index (χ0) is 13.8. The molecule has 0 saturated carbocycles. The first-order valence-corrected chi connectivity index (χ1v) is 10.6. The maximum atomic E-state index is 2.32. The van der Waals surface area contributed by atoms with Gasteiger partial charge in [0, 0.05) is 0 Å². The second-order valence-electron chi connectivity index (χ2n) is 4.79. The van der Waals surface area contributed by atoms with Gasteiger partial charge in [-0.05, 0) is 0 Å². The topological polar surface area (TPSA) is 0 Å². The van der Waals surface area contributed by atoms with Crippen LogP contribution in [0.1, 0.15) is 5.56 Å². The summed E-state index contributed by atoms with van der Waals surface area (Å²) in [6.45, 7) is 2.23. The molecule has 3 aromatic rings. The van der Waals surface area contributed by atoms with E-state index in [1.165, 1.54) is 12.6 Å². The van der Waals surface area contributed by atoms with Crippen molar-refractivity contribution in [3.63, 3.8) is 0 Å². The first-order valence-electron chi connectivity index (χ1n) is 6.82. The number of benzene rings is 3. The van der Waals surface area contributed by atoms with Crippen molar-refractivity contribution in [2.75, 3.05) is 0 Å². The third kappa shape index (κ3) is 2.81. The van der Waals surface area contributed by atoms with Crippen molar-refractivity contribution in [2.45, 2.75) is 6.92 Å². The summed E-state index contributed by atoms with van der Waals surface area (Å²) in [7, 11) is 0. The fourth-order valence-electron chi connectivity index (χ4n) is 2.40. The average molecular weight is 367 g/mol. The third-order valence-corrected chi connectivity index (χ3v) is 10.8. The Bertz CT molecular complexity index is 635. The summed E-state index contributed by atoms with van der Waals surface area (Å²) < 4.78 is 4.61. The molecule has 0 spiro atoms. The van der Waals surface area contributed by atoms with Crippen molar-refractivity contribution >= 4 is 30.7 Å². The van der Waals surface area contributed by atoms with Crippen molar-refractivity contribution in [3.8, 4) is 0 Å². The molecule has 0 aliphatic carbocycles. The van der Waals surface area contributed by atoms with E-state index in [0.717, 1.165) is 0 Å². The summed E-state index contributed by atoms with van der Waals surface area (Å²) in [5.74, 6) is 0. The molecule has 20 heavy (non-hydrogen) atoms. The van der Waals surface area contributed by atoms with Gasteiger partial charge in [0.2, 0.25) is 0 Å². The van der Waals surface area contributed by atoms with Crippen molar-refractivity contribution in [1.82, 2.24) is 0 Å². The molecule has 0 bridgehead atoms. The van der Waals surface area contributed by atoms with E-state index in [0.29, 0.717) is 0 Å². The van der Waals surface area contributed by atoms with Crippen LogP contribution in [0.3, 0.4) is 0 Å². The van der Waals surface area contributed by atoms with Crippen molar-refractivity contribution in [2.24, 2.45) is 0 Å². The van der Waals surface area contributed by atoms with E-state index >= 15 is 0 Å². The van der Waals surface area contributed by atoms with Gasteiger partial charge in [0.15, 0.2) is 0 Å². The molecular formula is C19H17Sb. The van der Waals surface area contributed by atoms with Crippen LogP contribution in [0.25, 0.3) is 0 Å². The minimum atomic E-state index is -1.88. The summed E-state index contributed by atoms with van der Waals surface area (Å²) in [6.07, 6.45) is 0. The Hall–Kier alpha value is -1.52. The van der Waals surface area contributed by atoms with Gasteiger partial charge in [0.25, 0.3) is 0 Å². The molecule has 0 unspecified atom stereocenters. The van der Waals surface area contributed by atoms with E-state index in [9.17, 15) is 0 Å². The molecule has 0 nitrogen and oxygen atoms in total. The molecule has 0 N–H and O–H groups in total. The Labute approximate surface area is 128 Å². The molecule has 1 heteroatoms. The van der Waals surface area contributed by atoms with Gasteiger partial charge in [0.1, 0.15) is 0 Å². The predicted octanol–water partition coefficient (Wildman–Crippen LogP) is 2.51. The van der Waals surface area contributed by atoms with Crippen LogP contribution in [0.15, 0.2) is 84.9 Å². The zero-order valence-electron chi connectivity index (χ0n) is 11.5. The molecule has 0 amide bonds. The molecule has 0 saturated heterocycles. The fourth-order valence-corrected chi connectivity index (χ4v) is 9.41. The maximum absolute atomic E-state index is 2.32. The molecule has 0 aliphatic heterocycles. The molecular weight excluding hydrogens is 350 g/mol. The standard InChI is InChI=1S/C7H7.2C6H5.Sb/c1-7-5-3-2-4-6-7;2*1-2-4-6-5-3-1;/h2-5H,1H3;2*1-5H;. The van der Waals surface area contributed by atoms with Crippen LogP contribution in [-0.4, -0.2) is 20.2 Å². The first-order chi connectivity index (χ1) is 9.86. The van der Waals surface area contributed by atoms with Gasteiger partial charge in [-0.15, -0.1) is 0 Å². The van der Waals surface area contributed by atoms with E-state index in [1.807, 2.05) is 0 Å². The second kappa shape index (κ2) is 6.29. The van der Waals surface area contributed by atoms with Gasteiger partial charge in [0.05, 0.1) is 0 Å². The molecule has 98 valence electrons. The van der Waals surface area contributed by atoms with Gasteiger partial charge in [-0.2, -0.15) is 0 Å². The molecule has 3 aromatic carbocycles. The molecule has 0 aliphatic rings. The van der Waals surface area contributed by atoms with Gasteiger partial charge in [-0.3, -0.25) is 0 Å². The zero-order valence-corrected chi connectivity index (χ0v) is 14.1. The molecule has 3 rings (SSSR count). The van der Waals surface area contributed by atoms with Crippen molar-refractivity contribution in [1.29, 1.82) is 0 Å². The Morgan fingerprint density at radius 3 is 1.50 bits per heavy atom. The number of aryl methyl sites for hydroxylation is 1.